The summed E-state index contributed by atoms with van der Waals surface area (Å²) < 4.78 is 66.0. The zero-order valence-electron chi connectivity index (χ0n) is 19.4. The number of hydrogen-bond donors (Lipinski definition) is 3. The molecule has 36 heavy (non-hydrogen) atoms. The predicted molar refractivity (Wildman–Crippen MR) is 129 cm³/mol. The van der Waals surface area contributed by atoms with Crippen LogP contribution in [0.25, 0.3) is 0 Å². The molecule has 190 valence electrons. The second-order valence-corrected chi connectivity index (χ2v) is 10.2. The summed E-state index contributed by atoms with van der Waals surface area (Å²) in [6.45, 7) is 1.48. The Morgan fingerprint density at radius 1 is 1.17 bits per heavy atom. The maximum Gasteiger partial charge on any atom is 0.421 e. The van der Waals surface area contributed by atoms with Crippen LogP contribution in [-0.2, 0) is 34.0 Å². The Hall–Kier alpha value is -3.94. The van der Waals surface area contributed by atoms with Crippen LogP contribution in [0, 0.1) is 6.92 Å². The topological polar surface area (TPSA) is 129 Å². The normalized spacial score (nSPS) is 13.2. The van der Waals surface area contributed by atoms with Crippen LogP contribution in [0.1, 0.15) is 22.4 Å². The molecule has 0 saturated carbocycles. The van der Waals surface area contributed by atoms with Crippen molar-refractivity contribution >= 4 is 44.9 Å². The van der Waals surface area contributed by atoms with Gasteiger partial charge in [-0.3, -0.25) is 9.10 Å². The summed E-state index contributed by atoms with van der Waals surface area (Å²) in [6.07, 6.45) is -2.83. The van der Waals surface area contributed by atoms with Crippen LogP contribution in [0.2, 0.25) is 0 Å². The molecular weight excluding hydrogens is 499 g/mol. The number of anilines is 5. The molecule has 0 saturated heterocycles. The molecule has 0 spiro atoms. The third-order valence-electron chi connectivity index (χ3n) is 5.42. The molecule has 0 radical (unpaired) electrons. The maximum atomic E-state index is 13.7. The first-order valence-electron chi connectivity index (χ1n) is 10.6. The van der Waals surface area contributed by atoms with Crippen LogP contribution < -0.4 is 20.3 Å². The highest BCUT2D eigenvalue weighted by Crippen LogP contribution is 2.35. The number of carbonyl (C=O) groups excluding carboxylic acids is 1. The summed E-state index contributed by atoms with van der Waals surface area (Å²) in [5.74, 6) is -0.662. The highest BCUT2D eigenvalue weighted by molar-refractivity contribution is 7.92. The molecule has 3 N–H and O–H groups in total. The van der Waals surface area contributed by atoms with Gasteiger partial charge < -0.3 is 16.0 Å². The highest BCUT2D eigenvalue weighted by atomic mass is 32.2. The summed E-state index contributed by atoms with van der Waals surface area (Å²) in [4.78, 5) is 23.6. The third-order valence-corrected chi connectivity index (χ3v) is 6.59. The van der Waals surface area contributed by atoms with Crippen molar-refractivity contribution in [2.75, 3.05) is 33.6 Å². The molecule has 0 atom stereocenters. The van der Waals surface area contributed by atoms with Crippen molar-refractivity contribution in [3.8, 4) is 0 Å². The fourth-order valence-corrected chi connectivity index (χ4v) is 4.00. The van der Waals surface area contributed by atoms with Gasteiger partial charge in [-0.1, -0.05) is 12.1 Å². The molecule has 1 amide bonds. The number of aryl methyl sites for hydroxylation is 1. The van der Waals surface area contributed by atoms with Crippen molar-refractivity contribution in [1.82, 2.24) is 15.0 Å². The number of nitrogens with one attached hydrogen (secondary N) is 3. The van der Waals surface area contributed by atoms with Crippen LogP contribution >= 0.6 is 0 Å². The van der Waals surface area contributed by atoms with Crippen LogP contribution in [0.4, 0.5) is 42.1 Å². The number of nitrogens with zero attached hydrogens (tertiary/aromatic N) is 4. The summed E-state index contributed by atoms with van der Waals surface area (Å²) in [5, 5.41) is 8.19. The predicted octanol–water partition coefficient (Wildman–Crippen LogP) is 3.44. The molecule has 4 rings (SSSR count). The van der Waals surface area contributed by atoms with E-state index in [2.05, 4.69) is 30.9 Å². The van der Waals surface area contributed by atoms with Crippen molar-refractivity contribution in [1.29, 1.82) is 0 Å². The van der Waals surface area contributed by atoms with E-state index in [0.29, 0.717) is 28.8 Å². The third kappa shape index (κ3) is 5.48. The maximum absolute atomic E-state index is 13.7. The van der Waals surface area contributed by atoms with Gasteiger partial charge in [0.25, 0.3) is 0 Å². The Kier molecular flexibility index (Phi) is 6.47. The van der Waals surface area contributed by atoms with Gasteiger partial charge in [0.05, 0.1) is 12.7 Å². The Morgan fingerprint density at radius 2 is 1.92 bits per heavy atom. The Bertz CT molecular complexity index is 1450. The minimum atomic E-state index is -4.74. The van der Waals surface area contributed by atoms with Gasteiger partial charge in [-0.2, -0.15) is 18.2 Å². The summed E-state index contributed by atoms with van der Waals surface area (Å²) in [6, 6.07) is 8.24. The Balaban J connectivity index is 1.63. The summed E-state index contributed by atoms with van der Waals surface area (Å²) in [5.41, 5.74) is 1.68. The van der Waals surface area contributed by atoms with E-state index in [9.17, 15) is 26.4 Å². The number of aromatic nitrogens is 3. The van der Waals surface area contributed by atoms with Gasteiger partial charge in [0.1, 0.15) is 17.2 Å². The van der Waals surface area contributed by atoms with E-state index in [1.165, 1.54) is 7.05 Å². The molecule has 0 bridgehead atoms. The second-order valence-electron chi connectivity index (χ2n) is 8.19. The second kappa shape index (κ2) is 9.26. The number of hydrogen-bond acceptors (Lipinski definition) is 8. The smallest absolute Gasteiger partial charge is 0.365 e. The van der Waals surface area contributed by atoms with Crippen LogP contribution in [0.3, 0.4) is 0 Å². The van der Waals surface area contributed by atoms with E-state index >= 15 is 0 Å². The molecule has 0 unspecified atom stereocenters. The van der Waals surface area contributed by atoms with E-state index in [0.717, 1.165) is 16.1 Å². The number of amides is 1. The number of rotatable bonds is 7. The number of pyridine rings is 1. The van der Waals surface area contributed by atoms with Crippen molar-refractivity contribution in [2.24, 2.45) is 0 Å². The number of fused-ring (bicyclic) bond motifs is 1. The molecule has 14 heteroatoms. The largest absolute Gasteiger partial charge is 0.421 e. The standard InChI is InChI=1S/C22H22F3N7O3S/c1-12-4-5-14(20(28-12)32(2)36(3,34)35)10-26-19-16(22(23,24)25)11-27-21(31-19)29-15-7-6-13-8-18(33)30-17(13)9-15/h4-7,9,11H,8,10H2,1-3H3,(H,30,33)(H2,26,27,29,31). The number of sulfonamides is 1. The first kappa shape index (κ1) is 25.2. The Labute approximate surface area is 205 Å². The molecule has 2 aromatic heterocycles. The molecule has 3 aromatic rings. The SMILES string of the molecule is Cc1ccc(CNc2nc(Nc3ccc4c(c3)NC(=O)C4)ncc2C(F)(F)F)c(N(C)S(C)(=O)=O)n1. The first-order valence-corrected chi connectivity index (χ1v) is 12.4. The van der Waals surface area contributed by atoms with E-state index in [4.69, 9.17) is 0 Å². The number of halogens is 3. The average molecular weight is 522 g/mol. The van der Waals surface area contributed by atoms with Crippen molar-refractivity contribution in [2.45, 2.75) is 26.1 Å². The minimum absolute atomic E-state index is 0.0890. The lowest BCUT2D eigenvalue weighted by molar-refractivity contribution is -0.137. The fourth-order valence-electron chi connectivity index (χ4n) is 3.52. The summed E-state index contributed by atoms with van der Waals surface area (Å²) >= 11 is 0. The van der Waals surface area contributed by atoms with Gasteiger partial charge in [-0.25, -0.2) is 18.4 Å². The van der Waals surface area contributed by atoms with Crippen LogP contribution in [-0.4, -0.2) is 42.6 Å². The first-order chi connectivity index (χ1) is 16.8. The minimum Gasteiger partial charge on any atom is -0.365 e. The number of alkyl halides is 3. The van der Waals surface area contributed by atoms with Gasteiger partial charge in [0, 0.05) is 42.4 Å². The van der Waals surface area contributed by atoms with Gasteiger partial charge in [0.2, 0.25) is 21.9 Å². The van der Waals surface area contributed by atoms with Crippen molar-refractivity contribution < 1.29 is 26.4 Å². The van der Waals surface area contributed by atoms with E-state index in [-0.39, 0.29) is 30.6 Å². The van der Waals surface area contributed by atoms with Gasteiger partial charge in [0.15, 0.2) is 0 Å². The van der Waals surface area contributed by atoms with Gasteiger partial charge >= 0.3 is 6.18 Å². The molecular formula is C22H22F3N7O3S. The van der Waals surface area contributed by atoms with Crippen LogP contribution in [0.5, 0.6) is 0 Å². The molecule has 1 aliphatic heterocycles. The van der Waals surface area contributed by atoms with E-state index in [1.807, 2.05) is 0 Å². The highest BCUT2D eigenvalue weighted by Gasteiger charge is 2.35. The zero-order valence-corrected chi connectivity index (χ0v) is 20.3. The number of carbonyl (C=O) groups is 1. The zero-order chi connectivity index (χ0) is 26.3. The number of benzene rings is 1. The monoisotopic (exact) mass is 521 g/mol. The average Bonchev–Trinajstić information content (AvgIpc) is 3.15. The van der Waals surface area contributed by atoms with E-state index < -0.39 is 27.6 Å². The molecule has 0 aliphatic carbocycles. The molecule has 3 heterocycles. The lowest BCUT2D eigenvalue weighted by Gasteiger charge is -2.20. The molecule has 10 nitrogen and oxygen atoms in total. The fraction of sp³-hybridized carbons (Fsp3) is 0.273. The van der Waals surface area contributed by atoms with Crippen LogP contribution in [0.15, 0.2) is 36.5 Å². The Morgan fingerprint density at radius 3 is 2.61 bits per heavy atom. The molecule has 1 aromatic carbocycles. The van der Waals surface area contributed by atoms with Crippen molar-refractivity contribution in [3.05, 3.63) is 58.9 Å². The quantitative estimate of drug-likeness (QED) is 0.431. The molecule has 1 aliphatic rings. The lowest BCUT2D eigenvalue weighted by Crippen LogP contribution is -2.27. The van der Waals surface area contributed by atoms with Gasteiger partial charge in [-0.15, -0.1) is 0 Å². The summed E-state index contributed by atoms with van der Waals surface area (Å²) in [7, 11) is -2.34. The van der Waals surface area contributed by atoms with Crippen molar-refractivity contribution in [3.63, 3.8) is 0 Å². The van der Waals surface area contributed by atoms with E-state index in [1.54, 1.807) is 37.3 Å². The lowest BCUT2D eigenvalue weighted by atomic mass is 10.1. The molecule has 0 fully saturated rings. The van der Waals surface area contributed by atoms with Gasteiger partial charge in [-0.05, 0) is 30.7 Å².